The van der Waals surface area contributed by atoms with E-state index in [1.165, 1.54) is 29.5 Å². The van der Waals surface area contributed by atoms with E-state index >= 15 is 0 Å². The molecule has 48 heavy (non-hydrogen) atoms. The number of aromatic nitrogens is 4. The van der Waals surface area contributed by atoms with E-state index in [1.807, 2.05) is 23.1 Å². The van der Waals surface area contributed by atoms with Crippen LogP contribution in [0.5, 0.6) is 0 Å². The highest BCUT2D eigenvalue weighted by molar-refractivity contribution is 7.23. The standard InChI is InChI=1S/C36H28F2N6O3S/c37-21-8-3-18(4-9-21)5-11-25-28(34-42-43-36(46)47-34)29(30-31(40-25)26-2-1-15-44(26)35(30)45)27-16-20-13-14-39-33(32(20)48-27)41-24-12-7-19-6-10-22(38)17-23(19)24/h3-4,6,8-10,13-14,16-17,24,26H,1-2,5,7,11-12,15H2,(H,39,41)(H,43,46)/t24-,26-/m1/s1. The number of thiophene rings is 1. The van der Waals surface area contributed by atoms with Crippen LogP contribution in [0.15, 0.2) is 70.0 Å². The normalized spacial score (nSPS) is 18.0. The quantitative estimate of drug-likeness (QED) is 0.186. The predicted octanol–water partition coefficient (Wildman–Crippen LogP) is 7.16. The summed E-state index contributed by atoms with van der Waals surface area (Å²) in [5.41, 5.74) is 5.96. The van der Waals surface area contributed by atoms with Gasteiger partial charge in [0.1, 0.15) is 17.5 Å². The van der Waals surface area contributed by atoms with Crippen LogP contribution in [0.1, 0.15) is 69.8 Å². The lowest BCUT2D eigenvalue weighted by atomic mass is 9.93. The predicted molar refractivity (Wildman–Crippen MR) is 177 cm³/mol. The van der Waals surface area contributed by atoms with Gasteiger partial charge in [-0.05, 0) is 97.0 Å². The van der Waals surface area contributed by atoms with Crippen molar-refractivity contribution >= 4 is 33.1 Å². The molecule has 1 aliphatic carbocycles. The summed E-state index contributed by atoms with van der Waals surface area (Å²) in [4.78, 5) is 38.9. The van der Waals surface area contributed by atoms with Crippen LogP contribution in [0, 0.1) is 11.6 Å². The lowest BCUT2D eigenvalue weighted by molar-refractivity contribution is 0.0776. The third-order valence-corrected chi connectivity index (χ3v) is 10.9. The maximum atomic E-state index is 14.2. The van der Waals surface area contributed by atoms with E-state index in [0.717, 1.165) is 63.0 Å². The van der Waals surface area contributed by atoms with Crippen molar-refractivity contribution in [1.82, 2.24) is 25.1 Å². The fraction of sp³-hybridized carbons (Fsp3) is 0.250. The number of benzene rings is 2. The minimum Gasteiger partial charge on any atom is -0.388 e. The Hall–Kier alpha value is -5.23. The van der Waals surface area contributed by atoms with Crippen molar-refractivity contribution in [2.45, 2.75) is 50.6 Å². The Kier molecular flexibility index (Phi) is 6.75. The monoisotopic (exact) mass is 662 g/mol. The molecule has 0 spiro atoms. The Bertz CT molecular complexity index is 2310. The number of hydrogen-bond donors (Lipinski definition) is 2. The Morgan fingerprint density at radius 1 is 0.979 bits per heavy atom. The smallest absolute Gasteiger partial charge is 0.388 e. The van der Waals surface area contributed by atoms with Gasteiger partial charge < -0.3 is 14.6 Å². The molecular formula is C36H28F2N6O3S. The summed E-state index contributed by atoms with van der Waals surface area (Å²) in [5, 5.41) is 11.1. The summed E-state index contributed by atoms with van der Waals surface area (Å²) >= 11 is 1.48. The van der Waals surface area contributed by atoms with Crippen LogP contribution >= 0.6 is 11.3 Å². The Labute approximate surface area is 276 Å². The molecule has 0 bridgehead atoms. The van der Waals surface area contributed by atoms with Crippen molar-refractivity contribution in [2.75, 3.05) is 11.9 Å². The van der Waals surface area contributed by atoms with E-state index in [4.69, 9.17) is 14.4 Å². The first-order chi connectivity index (χ1) is 23.4. The summed E-state index contributed by atoms with van der Waals surface area (Å²) in [7, 11) is 0. The van der Waals surface area contributed by atoms with Crippen molar-refractivity contribution < 1.29 is 18.0 Å². The molecule has 0 unspecified atom stereocenters. The highest BCUT2D eigenvalue weighted by Gasteiger charge is 2.45. The minimum absolute atomic E-state index is 0.0535. The van der Waals surface area contributed by atoms with Crippen molar-refractivity contribution in [3.05, 3.63) is 117 Å². The number of aromatic amines is 1. The lowest BCUT2D eigenvalue weighted by Gasteiger charge is -2.16. The van der Waals surface area contributed by atoms with E-state index in [0.29, 0.717) is 47.6 Å². The van der Waals surface area contributed by atoms with Gasteiger partial charge in [0, 0.05) is 23.2 Å². The second-order valence-electron chi connectivity index (χ2n) is 12.5. The molecule has 9 rings (SSSR count). The van der Waals surface area contributed by atoms with Crippen molar-refractivity contribution in [2.24, 2.45) is 0 Å². The highest BCUT2D eigenvalue weighted by atomic mass is 32.1. The molecule has 9 nitrogen and oxygen atoms in total. The zero-order chi connectivity index (χ0) is 32.5. The number of halogens is 2. The van der Waals surface area contributed by atoms with Gasteiger partial charge in [0.25, 0.3) is 11.8 Å². The lowest BCUT2D eigenvalue weighted by Crippen LogP contribution is -2.22. The summed E-state index contributed by atoms with van der Waals surface area (Å²) in [6.07, 6.45) is 6.10. The zero-order valence-corrected chi connectivity index (χ0v) is 26.4. The highest BCUT2D eigenvalue weighted by Crippen LogP contribution is 2.50. The molecule has 3 aliphatic rings. The number of carbonyl (C=O) groups is 1. The third kappa shape index (κ3) is 4.73. The molecular weight excluding hydrogens is 634 g/mol. The number of aryl methyl sites for hydroxylation is 3. The number of hydrogen-bond acceptors (Lipinski definition) is 8. The number of rotatable bonds is 7. The van der Waals surface area contributed by atoms with E-state index < -0.39 is 5.76 Å². The van der Waals surface area contributed by atoms with E-state index in [9.17, 15) is 18.4 Å². The number of carbonyl (C=O) groups excluding carboxylic acids is 1. The number of amides is 1. The Balaban J connectivity index is 1.21. The van der Waals surface area contributed by atoms with E-state index in [-0.39, 0.29) is 35.5 Å². The van der Waals surface area contributed by atoms with Crippen LogP contribution < -0.4 is 11.1 Å². The van der Waals surface area contributed by atoms with Gasteiger partial charge in [0.2, 0.25) is 0 Å². The Morgan fingerprint density at radius 2 is 1.83 bits per heavy atom. The zero-order valence-electron chi connectivity index (χ0n) is 25.6. The van der Waals surface area contributed by atoms with E-state index in [1.54, 1.807) is 24.4 Å². The topological polar surface area (TPSA) is 117 Å². The van der Waals surface area contributed by atoms with Crippen LogP contribution in [0.4, 0.5) is 14.6 Å². The van der Waals surface area contributed by atoms with Gasteiger partial charge >= 0.3 is 5.76 Å². The van der Waals surface area contributed by atoms with Gasteiger partial charge in [-0.25, -0.2) is 23.7 Å². The average Bonchev–Trinajstić information content (AvgIpc) is 3.92. The number of pyridine rings is 2. The number of anilines is 1. The number of H-pyrrole nitrogens is 1. The molecule has 1 saturated heterocycles. The summed E-state index contributed by atoms with van der Waals surface area (Å²) in [6, 6.07) is 15.0. The number of nitrogens with zero attached hydrogens (tertiary/aromatic N) is 4. The fourth-order valence-corrected chi connectivity index (χ4v) is 8.70. The molecule has 2 aliphatic heterocycles. The van der Waals surface area contributed by atoms with Crippen LogP contribution in [0.3, 0.4) is 0 Å². The number of fused-ring (bicyclic) bond motifs is 5. The molecule has 2 N–H and O–H groups in total. The van der Waals surface area contributed by atoms with Gasteiger partial charge in [0.15, 0.2) is 0 Å². The van der Waals surface area contributed by atoms with Crippen molar-refractivity contribution in [3.63, 3.8) is 0 Å². The van der Waals surface area contributed by atoms with Crippen LogP contribution in [-0.4, -0.2) is 37.5 Å². The van der Waals surface area contributed by atoms with Gasteiger partial charge in [-0.2, -0.15) is 0 Å². The number of nitrogens with one attached hydrogen (secondary N) is 2. The molecule has 240 valence electrons. The molecule has 0 radical (unpaired) electrons. The second-order valence-corrected chi connectivity index (χ2v) is 13.6. The molecule has 4 aromatic heterocycles. The van der Waals surface area contributed by atoms with Crippen LogP contribution in [0.25, 0.3) is 32.0 Å². The average molecular weight is 663 g/mol. The first kappa shape index (κ1) is 29.0. The first-order valence-electron chi connectivity index (χ1n) is 16.0. The SMILES string of the molecule is O=C1c2c(nc(CCc3ccc(F)cc3)c(-c3n[nH]c(=O)o3)c2-c2cc3ccnc(N[C@@H]4CCc5ccc(F)cc54)c3s2)[C@H]2CCCN12. The second kappa shape index (κ2) is 11.2. The third-order valence-electron chi connectivity index (χ3n) is 9.74. The van der Waals surface area contributed by atoms with Crippen molar-refractivity contribution in [1.29, 1.82) is 0 Å². The largest absolute Gasteiger partial charge is 0.434 e. The first-order valence-corrected chi connectivity index (χ1v) is 16.8. The van der Waals surface area contributed by atoms with Gasteiger partial charge in [0.05, 0.1) is 39.3 Å². The molecule has 2 atom stereocenters. The molecule has 6 heterocycles. The summed E-state index contributed by atoms with van der Waals surface area (Å²) in [6.45, 7) is 0.644. The minimum atomic E-state index is -0.715. The maximum absolute atomic E-state index is 14.2. The van der Waals surface area contributed by atoms with Crippen LogP contribution in [-0.2, 0) is 19.3 Å². The summed E-state index contributed by atoms with van der Waals surface area (Å²) in [5.74, 6) is -0.666. The molecule has 0 saturated carbocycles. The summed E-state index contributed by atoms with van der Waals surface area (Å²) < 4.78 is 34.3. The maximum Gasteiger partial charge on any atom is 0.434 e. The fourth-order valence-electron chi connectivity index (χ4n) is 7.54. The van der Waals surface area contributed by atoms with Gasteiger partial charge in [-0.15, -0.1) is 16.4 Å². The Morgan fingerprint density at radius 3 is 2.67 bits per heavy atom. The van der Waals surface area contributed by atoms with E-state index in [2.05, 4.69) is 15.5 Å². The van der Waals surface area contributed by atoms with Gasteiger partial charge in [-0.3, -0.25) is 9.78 Å². The molecule has 1 fully saturated rings. The molecule has 12 heteroatoms. The molecule has 6 aromatic rings. The van der Waals surface area contributed by atoms with Crippen molar-refractivity contribution in [3.8, 4) is 21.9 Å². The molecule has 1 amide bonds. The van der Waals surface area contributed by atoms with Crippen LogP contribution in [0.2, 0.25) is 0 Å². The van der Waals surface area contributed by atoms with Gasteiger partial charge in [-0.1, -0.05) is 18.2 Å². The molecule has 2 aromatic carbocycles.